The van der Waals surface area contributed by atoms with E-state index >= 15 is 0 Å². The van der Waals surface area contributed by atoms with Gasteiger partial charge in [-0.3, -0.25) is 4.79 Å². The summed E-state index contributed by atoms with van der Waals surface area (Å²) in [6.45, 7) is 10.9. The Balaban J connectivity index is 1.84. The number of carbonyl (C=O) groups is 1. The van der Waals surface area contributed by atoms with Gasteiger partial charge in [0.25, 0.3) is 0 Å². The van der Waals surface area contributed by atoms with E-state index in [1.807, 2.05) is 45.0 Å². The van der Waals surface area contributed by atoms with Gasteiger partial charge >= 0.3 is 0 Å². The molecule has 1 amide bonds. The minimum Gasteiger partial charge on any atom is -0.360 e. The zero-order valence-electron chi connectivity index (χ0n) is 15.9. The number of aromatic nitrogens is 2. The topological polar surface area (TPSA) is 58.1 Å². The van der Waals surface area contributed by atoms with E-state index in [0.29, 0.717) is 12.4 Å². The molecule has 1 N–H and O–H groups in total. The van der Waals surface area contributed by atoms with Gasteiger partial charge in [0, 0.05) is 17.1 Å². The molecular weight excluding hydrogens is 344 g/mol. The van der Waals surface area contributed by atoms with Gasteiger partial charge < -0.3 is 10.2 Å². The van der Waals surface area contributed by atoms with Gasteiger partial charge in [-0.25, -0.2) is 9.97 Å². The van der Waals surface area contributed by atoms with Crippen LogP contribution in [0, 0.1) is 27.7 Å². The van der Waals surface area contributed by atoms with Crippen LogP contribution in [0.3, 0.4) is 0 Å². The number of aryl methyl sites for hydroxylation is 4. The molecule has 0 unspecified atom stereocenters. The van der Waals surface area contributed by atoms with E-state index in [1.165, 1.54) is 10.4 Å². The summed E-state index contributed by atoms with van der Waals surface area (Å²) in [7, 11) is 0. The Kier molecular flexibility index (Phi) is 5.23. The molecule has 26 heavy (non-hydrogen) atoms. The number of nitrogens with zero attached hydrogens (tertiary/aromatic N) is 3. The Bertz CT molecular complexity index is 964. The highest BCUT2D eigenvalue weighted by Crippen LogP contribution is 2.33. The van der Waals surface area contributed by atoms with Crippen LogP contribution < -0.4 is 10.2 Å². The van der Waals surface area contributed by atoms with Crippen molar-refractivity contribution in [1.82, 2.24) is 9.97 Å². The maximum Gasteiger partial charge on any atom is 0.246 e. The second kappa shape index (κ2) is 7.41. The van der Waals surface area contributed by atoms with Gasteiger partial charge in [-0.1, -0.05) is 12.1 Å². The number of likely N-dealkylation sites (N-methyl/N-ethyl adjacent to an activating group) is 1. The number of rotatable bonds is 5. The molecule has 0 bridgehead atoms. The number of hydrogen-bond donors (Lipinski definition) is 1. The van der Waals surface area contributed by atoms with Gasteiger partial charge in [-0.15, -0.1) is 11.3 Å². The predicted octanol–water partition coefficient (Wildman–Crippen LogP) is 4.39. The number of benzene rings is 1. The highest BCUT2D eigenvalue weighted by atomic mass is 32.1. The van der Waals surface area contributed by atoms with Crippen molar-refractivity contribution in [1.29, 1.82) is 0 Å². The van der Waals surface area contributed by atoms with Gasteiger partial charge in [0.05, 0.1) is 11.9 Å². The van der Waals surface area contributed by atoms with Crippen LogP contribution in [0.5, 0.6) is 0 Å². The molecule has 0 atom stereocenters. The lowest BCUT2D eigenvalue weighted by Gasteiger charge is -2.22. The molecule has 0 aliphatic heterocycles. The van der Waals surface area contributed by atoms with Gasteiger partial charge in [0.15, 0.2) is 0 Å². The van der Waals surface area contributed by atoms with Crippen LogP contribution in [0.15, 0.2) is 24.3 Å². The SMILES string of the molecule is CCN(C(=O)CNc1nc(C)nc2sc(C)c(C)c12)c1cccc(C)c1. The molecule has 3 rings (SSSR count). The maximum absolute atomic E-state index is 12.8. The van der Waals surface area contributed by atoms with Crippen LogP contribution in [0.25, 0.3) is 10.2 Å². The summed E-state index contributed by atoms with van der Waals surface area (Å²) >= 11 is 1.66. The van der Waals surface area contributed by atoms with Gasteiger partial charge in [0.1, 0.15) is 16.5 Å². The molecule has 5 nitrogen and oxygen atoms in total. The summed E-state index contributed by atoms with van der Waals surface area (Å²) in [6, 6.07) is 8.00. The van der Waals surface area contributed by atoms with Crippen LogP contribution >= 0.6 is 11.3 Å². The summed E-state index contributed by atoms with van der Waals surface area (Å²) in [5, 5.41) is 4.26. The lowest BCUT2D eigenvalue weighted by molar-refractivity contribution is -0.116. The fourth-order valence-corrected chi connectivity index (χ4v) is 4.11. The van der Waals surface area contributed by atoms with Crippen LogP contribution in [0.4, 0.5) is 11.5 Å². The van der Waals surface area contributed by atoms with Crippen molar-refractivity contribution < 1.29 is 4.79 Å². The van der Waals surface area contributed by atoms with E-state index in [-0.39, 0.29) is 12.5 Å². The number of anilines is 2. The average Bonchev–Trinajstić information content (AvgIpc) is 2.87. The van der Waals surface area contributed by atoms with Crippen molar-refractivity contribution in [2.24, 2.45) is 0 Å². The summed E-state index contributed by atoms with van der Waals surface area (Å²) in [5.41, 5.74) is 3.23. The molecule has 0 radical (unpaired) electrons. The highest BCUT2D eigenvalue weighted by molar-refractivity contribution is 7.18. The molecule has 0 saturated carbocycles. The molecule has 0 fully saturated rings. The van der Waals surface area contributed by atoms with Crippen molar-refractivity contribution in [2.75, 3.05) is 23.3 Å². The molecule has 2 heterocycles. The second-order valence-electron chi connectivity index (χ2n) is 6.41. The first-order valence-electron chi connectivity index (χ1n) is 8.76. The largest absolute Gasteiger partial charge is 0.360 e. The molecular formula is C20H24N4OS. The third-order valence-electron chi connectivity index (χ3n) is 4.48. The summed E-state index contributed by atoms with van der Waals surface area (Å²) in [5.74, 6) is 1.47. The standard InChI is InChI=1S/C20H24N4OS/c1-6-24(16-9-7-8-12(2)10-16)17(25)11-21-19-18-13(3)14(4)26-20(18)23-15(5)22-19/h7-10H,6,11H2,1-5H3,(H,21,22,23). The molecule has 136 valence electrons. The maximum atomic E-state index is 12.8. The van der Waals surface area contributed by atoms with Crippen LogP contribution in [-0.4, -0.2) is 29.0 Å². The van der Waals surface area contributed by atoms with Crippen molar-refractivity contribution >= 4 is 39.0 Å². The number of carbonyl (C=O) groups excluding carboxylic acids is 1. The Morgan fingerprint density at radius 2 is 1.96 bits per heavy atom. The number of thiophene rings is 1. The minimum absolute atomic E-state index is 0.0205. The molecule has 0 saturated heterocycles. The summed E-state index contributed by atoms with van der Waals surface area (Å²) in [6.07, 6.45) is 0. The average molecular weight is 369 g/mol. The third-order valence-corrected chi connectivity index (χ3v) is 5.58. The fraction of sp³-hybridized carbons (Fsp3) is 0.350. The number of fused-ring (bicyclic) bond motifs is 1. The van der Waals surface area contributed by atoms with E-state index in [0.717, 1.165) is 27.3 Å². The lowest BCUT2D eigenvalue weighted by Crippen LogP contribution is -2.35. The molecule has 0 spiro atoms. The Morgan fingerprint density at radius 1 is 1.19 bits per heavy atom. The fourth-order valence-electron chi connectivity index (χ4n) is 3.04. The molecule has 3 aromatic rings. The Hall–Kier alpha value is -2.47. The van der Waals surface area contributed by atoms with Gasteiger partial charge in [-0.2, -0.15) is 0 Å². The first-order chi connectivity index (χ1) is 12.4. The zero-order valence-corrected chi connectivity index (χ0v) is 16.7. The zero-order chi connectivity index (χ0) is 18.8. The first kappa shape index (κ1) is 18.3. The van der Waals surface area contributed by atoms with E-state index in [1.54, 1.807) is 16.2 Å². The lowest BCUT2D eigenvalue weighted by atomic mass is 10.2. The van der Waals surface area contributed by atoms with Crippen LogP contribution in [0.2, 0.25) is 0 Å². The quantitative estimate of drug-likeness (QED) is 0.726. The molecule has 6 heteroatoms. The predicted molar refractivity (Wildman–Crippen MR) is 109 cm³/mol. The van der Waals surface area contributed by atoms with Gasteiger partial charge in [0.2, 0.25) is 5.91 Å². The number of hydrogen-bond acceptors (Lipinski definition) is 5. The van der Waals surface area contributed by atoms with E-state index in [9.17, 15) is 4.79 Å². The number of amides is 1. The minimum atomic E-state index is 0.0205. The van der Waals surface area contributed by atoms with Crippen molar-refractivity contribution in [2.45, 2.75) is 34.6 Å². The van der Waals surface area contributed by atoms with Crippen LogP contribution in [-0.2, 0) is 4.79 Å². The summed E-state index contributed by atoms with van der Waals surface area (Å²) < 4.78 is 0. The third kappa shape index (κ3) is 3.55. The monoisotopic (exact) mass is 368 g/mol. The summed E-state index contributed by atoms with van der Waals surface area (Å²) in [4.78, 5) is 25.8. The number of nitrogens with one attached hydrogen (secondary N) is 1. The normalized spacial score (nSPS) is 11.0. The van der Waals surface area contributed by atoms with Gasteiger partial charge in [-0.05, 0) is 57.9 Å². The van der Waals surface area contributed by atoms with Crippen molar-refractivity contribution in [3.8, 4) is 0 Å². The van der Waals surface area contributed by atoms with E-state index in [4.69, 9.17) is 0 Å². The Morgan fingerprint density at radius 3 is 2.65 bits per heavy atom. The molecule has 0 aliphatic carbocycles. The van der Waals surface area contributed by atoms with E-state index in [2.05, 4.69) is 29.1 Å². The molecule has 1 aromatic carbocycles. The van der Waals surface area contributed by atoms with Crippen molar-refractivity contribution in [3.05, 3.63) is 46.1 Å². The first-order valence-corrected chi connectivity index (χ1v) is 9.57. The molecule has 0 aliphatic rings. The van der Waals surface area contributed by atoms with Crippen LogP contribution in [0.1, 0.15) is 28.8 Å². The highest BCUT2D eigenvalue weighted by Gasteiger charge is 2.17. The van der Waals surface area contributed by atoms with Crippen molar-refractivity contribution in [3.63, 3.8) is 0 Å². The molecule has 2 aromatic heterocycles. The second-order valence-corrected chi connectivity index (χ2v) is 7.62. The van der Waals surface area contributed by atoms with E-state index < -0.39 is 0 Å². The Labute approximate surface area is 158 Å². The smallest absolute Gasteiger partial charge is 0.246 e.